The number of nitrogens with two attached hydrogens (primary N) is 1. The summed E-state index contributed by atoms with van der Waals surface area (Å²) in [7, 11) is 1.75. The molecule has 2 atom stereocenters. The van der Waals surface area contributed by atoms with Crippen molar-refractivity contribution in [3.8, 4) is 0 Å². The molecule has 102 valence electrons. The Morgan fingerprint density at radius 1 is 1.56 bits per heavy atom. The number of anilines is 1. The molecule has 1 aliphatic rings. The molecule has 0 bridgehead atoms. The monoisotopic (exact) mass is 269 g/mol. The highest BCUT2D eigenvalue weighted by molar-refractivity contribution is 7.13. The molecule has 2 unspecified atom stereocenters. The summed E-state index contributed by atoms with van der Waals surface area (Å²) < 4.78 is 5.21. The van der Waals surface area contributed by atoms with E-state index in [4.69, 9.17) is 10.5 Å². The number of thiazole rings is 1. The summed E-state index contributed by atoms with van der Waals surface area (Å²) >= 11 is 1.69. The van der Waals surface area contributed by atoms with Gasteiger partial charge in [-0.15, -0.1) is 11.3 Å². The molecule has 2 rings (SSSR count). The minimum absolute atomic E-state index is 0.00973. The summed E-state index contributed by atoms with van der Waals surface area (Å²) in [6, 6.07) is 0.558. The minimum atomic E-state index is 0.00973. The van der Waals surface area contributed by atoms with Gasteiger partial charge in [0.25, 0.3) is 0 Å². The first kappa shape index (κ1) is 13.8. The molecule has 4 nitrogen and oxygen atoms in total. The first-order valence-corrected chi connectivity index (χ1v) is 7.48. The van der Waals surface area contributed by atoms with E-state index in [0.717, 1.165) is 29.9 Å². The smallest absolute Gasteiger partial charge is 0.185 e. The third-order valence-corrected chi connectivity index (χ3v) is 4.45. The van der Waals surface area contributed by atoms with E-state index in [1.54, 1.807) is 18.4 Å². The summed E-state index contributed by atoms with van der Waals surface area (Å²) in [5, 5.41) is 3.15. The van der Waals surface area contributed by atoms with Crippen LogP contribution in [-0.2, 0) is 4.74 Å². The fourth-order valence-corrected chi connectivity index (χ4v) is 3.16. The molecule has 18 heavy (non-hydrogen) atoms. The lowest BCUT2D eigenvalue weighted by Crippen LogP contribution is -2.37. The number of rotatable bonds is 7. The summed E-state index contributed by atoms with van der Waals surface area (Å²) in [5.41, 5.74) is 6.86. The van der Waals surface area contributed by atoms with E-state index in [-0.39, 0.29) is 6.04 Å². The quantitative estimate of drug-likeness (QED) is 0.826. The Bertz CT molecular complexity index is 376. The van der Waals surface area contributed by atoms with E-state index in [9.17, 15) is 0 Å². The molecule has 5 heteroatoms. The SMILES string of the molecule is COCCN(c1nc(C(C)N)cs1)C(C)C1CC1. The van der Waals surface area contributed by atoms with Crippen LogP contribution in [0.25, 0.3) is 0 Å². The van der Waals surface area contributed by atoms with Crippen LogP contribution >= 0.6 is 11.3 Å². The maximum absolute atomic E-state index is 5.88. The molecular weight excluding hydrogens is 246 g/mol. The van der Waals surface area contributed by atoms with Crippen LogP contribution in [0.5, 0.6) is 0 Å². The van der Waals surface area contributed by atoms with Gasteiger partial charge in [-0.25, -0.2) is 4.98 Å². The van der Waals surface area contributed by atoms with E-state index >= 15 is 0 Å². The molecule has 0 amide bonds. The van der Waals surface area contributed by atoms with Gasteiger partial charge in [-0.3, -0.25) is 0 Å². The van der Waals surface area contributed by atoms with Crippen LogP contribution in [0, 0.1) is 5.92 Å². The maximum Gasteiger partial charge on any atom is 0.185 e. The Labute approximate surface area is 113 Å². The molecule has 0 saturated heterocycles. The van der Waals surface area contributed by atoms with Gasteiger partial charge in [0.1, 0.15) is 0 Å². The van der Waals surface area contributed by atoms with Crippen LogP contribution in [0.4, 0.5) is 5.13 Å². The van der Waals surface area contributed by atoms with E-state index in [2.05, 4.69) is 22.2 Å². The van der Waals surface area contributed by atoms with E-state index in [1.807, 2.05) is 6.92 Å². The summed E-state index contributed by atoms with van der Waals surface area (Å²) in [5.74, 6) is 0.824. The van der Waals surface area contributed by atoms with Crippen molar-refractivity contribution in [3.63, 3.8) is 0 Å². The van der Waals surface area contributed by atoms with E-state index in [0.29, 0.717) is 6.04 Å². The predicted octanol–water partition coefficient (Wildman–Crippen LogP) is 2.41. The van der Waals surface area contributed by atoms with Gasteiger partial charge in [-0.05, 0) is 32.6 Å². The number of methoxy groups -OCH3 is 1. The number of ether oxygens (including phenoxy) is 1. The first-order chi connectivity index (χ1) is 8.63. The zero-order chi connectivity index (χ0) is 13.1. The van der Waals surface area contributed by atoms with Crippen LogP contribution in [0.1, 0.15) is 38.4 Å². The highest BCUT2D eigenvalue weighted by atomic mass is 32.1. The van der Waals surface area contributed by atoms with Crippen molar-refractivity contribution in [2.45, 2.75) is 38.8 Å². The minimum Gasteiger partial charge on any atom is -0.383 e. The second-order valence-electron chi connectivity index (χ2n) is 5.11. The van der Waals surface area contributed by atoms with Crippen LogP contribution in [0.3, 0.4) is 0 Å². The largest absolute Gasteiger partial charge is 0.383 e. The maximum atomic E-state index is 5.88. The lowest BCUT2D eigenvalue weighted by molar-refractivity contribution is 0.202. The van der Waals surface area contributed by atoms with Crippen LogP contribution in [0.2, 0.25) is 0 Å². The molecule has 2 N–H and O–H groups in total. The molecule has 0 radical (unpaired) electrons. The Balaban J connectivity index is 2.10. The van der Waals surface area contributed by atoms with Crippen molar-refractivity contribution in [2.24, 2.45) is 11.7 Å². The number of nitrogens with zero attached hydrogens (tertiary/aromatic N) is 2. The average molecular weight is 269 g/mol. The van der Waals surface area contributed by atoms with Crippen LogP contribution < -0.4 is 10.6 Å². The lowest BCUT2D eigenvalue weighted by atomic mass is 10.2. The van der Waals surface area contributed by atoms with E-state index < -0.39 is 0 Å². The van der Waals surface area contributed by atoms with Gasteiger partial charge in [-0.2, -0.15) is 0 Å². The topological polar surface area (TPSA) is 51.4 Å². The second kappa shape index (κ2) is 5.99. The zero-order valence-electron chi connectivity index (χ0n) is 11.4. The number of aromatic nitrogens is 1. The van der Waals surface area contributed by atoms with Crippen molar-refractivity contribution in [2.75, 3.05) is 25.2 Å². The van der Waals surface area contributed by atoms with Crippen LogP contribution in [-0.4, -0.2) is 31.3 Å². The standard InChI is InChI=1S/C13H23N3OS/c1-9(14)12-8-18-13(15-12)16(6-7-17-3)10(2)11-4-5-11/h8-11H,4-7,14H2,1-3H3. The summed E-state index contributed by atoms with van der Waals surface area (Å²) in [6.07, 6.45) is 2.69. The molecule has 1 aromatic rings. The molecule has 1 aliphatic carbocycles. The molecule has 0 spiro atoms. The molecule has 1 heterocycles. The third-order valence-electron chi connectivity index (χ3n) is 3.55. The zero-order valence-corrected chi connectivity index (χ0v) is 12.2. The lowest BCUT2D eigenvalue weighted by Gasteiger charge is -2.28. The molecule has 1 fully saturated rings. The Morgan fingerprint density at radius 3 is 2.78 bits per heavy atom. The van der Waals surface area contributed by atoms with Gasteiger partial charge in [0.05, 0.1) is 12.3 Å². The Hall–Kier alpha value is -0.650. The van der Waals surface area contributed by atoms with Gasteiger partial charge in [0, 0.05) is 31.1 Å². The normalized spacial score (nSPS) is 18.7. The van der Waals surface area contributed by atoms with Gasteiger partial charge in [0.15, 0.2) is 5.13 Å². The predicted molar refractivity (Wildman–Crippen MR) is 76.1 cm³/mol. The summed E-state index contributed by atoms with van der Waals surface area (Å²) in [4.78, 5) is 7.03. The van der Waals surface area contributed by atoms with Crippen molar-refractivity contribution in [1.82, 2.24) is 4.98 Å². The van der Waals surface area contributed by atoms with Crippen molar-refractivity contribution >= 4 is 16.5 Å². The Morgan fingerprint density at radius 2 is 2.28 bits per heavy atom. The third kappa shape index (κ3) is 3.22. The van der Waals surface area contributed by atoms with Gasteiger partial charge < -0.3 is 15.4 Å². The highest BCUT2D eigenvalue weighted by Gasteiger charge is 2.33. The van der Waals surface area contributed by atoms with Crippen molar-refractivity contribution < 1.29 is 4.74 Å². The Kier molecular flexibility index (Phi) is 4.59. The number of hydrogen-bond acceptors (Lipinski definition) is 5. The summed E-state index contributed by atoms with van der Waals surface area (Å²) in [6.45, 7) is 5.91. The molecular formula is C13H23N3OS. The molecule has 0 aromatic carbocycles. The molecule has 1 saturated carbocycles. The van der Waals surface area contributed by atoms with Gasteiger partial charge >= 0.3 is 0 Å². The first-order valence-electron chi connectivity index (χ1n) is 6.60. The highest BCUT2D eigenvalue weighted by Crippen LogP contribution is 2.37. The van der Waals surface area contributed by atoms with Gasteiger partial charge in [0.2, 0.25) is 0 Å². The molecule has 1 aromatic heterocycles. The van der Waals surface area contributed by atoms with Crippen molar-refractivity contribution in [1.29, 1.82) is 0 Å². The molecule has 0 aliphatic heterocycles. The average Bonchev–Trinajstić information content (AvgIpc) is 3.08. The second-order valence-corrected chi connectivity index (χ2v) is 5.94. The van der Waals surface area contributed by atoms with Crippen LogP contribution in [0.15, 0.2) is 5.38 Å². The van der Waals surface area contributed by atoms with Crippen molar-refractivity contribution in [3.05, 3.63) is 11.1 Å². The number of hydrogen-bond donors (Lipinski definition) is 1. The fourth-order valence-electron chi connectivity index (χ4n) is 2.11. The van der Waals surface area contributed by atoms with Gasteiger partial charge in [-0.1, -0.05) is 0 Å². The van der Waals surface area contributed by atoms with E-state index in [1.165, 1.54) is 12.8 Å². The fraction of sp³-hybridized carbons (Fsp3) is 0.769.